The number of nitrogens with zero attached hydrogens (tertiary/aromatic N) is 4. The molecule has 0 N–H and O–H groups in total. The third-order valence-electron chi connectivity index (χ3n) is 2.62. The van der Waals surface area contributed by atoms with Gasteiger partial charge in [0.2, 0.25) is 0 Å². The topological polar surface area (TPSA) is 52.3 Å². The molecule has 0 aliphatic heterocycles. The van der Waals surface area contributed by atoms with Crippen LogP contribution in [0.15, 0.2) is 6.07 Å². The summed E-state index contributed by atoms with van der Waals surface area (Å²) in [5.41, 5.74) is -2.32. The SMILES string of the molecule is CC(C)(C)c1nc2cc(C(F)(F)F)nc(OCC(F)(F)F)n2n1. The molecule has 0 fully saturated rings. The molecule has 0 aromatic carbocycles. The minimum absolute atomic E-state index is 0.149. The Hall–Kier alpha value is -2.07. The second kappa shape index (κ2) is 5.24. The van der Waals surface area contributed by atoms with E-state index in [0.29, 0.717) is 6.07 Å². The average Bonchev–Trinajstić information content (AvgIpc) is 2.77. The maximum atomic E-state index is 12.8. The fourth-order valence-electron chi connectivity index (χ4n) is 1.57. The Labute approximate surface area is 126 Å². The highest BCUT2D eigenvalue weighted by atomic mass is 19.4. The van der Waals surface area contributed by atoms with Crippen LogP contribution in [-0.4, -0.2) is 32.4 Å². The van der Waals surface area contributed by atoms with Gasteiger partial charge in [-0.1, -0.05) is 20.8 Å². The molecule has 0 saturated heterocycles. The zero-order valence-electron chi connectivity index (χ0n) is 12.2. The lowest BCUT2D eigenvalue weighted by atomic mass is 9.96. The molecule has 0 unspecified atom stereocenters. The summed E-state index contributed by atoms with van der Waals surface area (Å²) in [4.78, 5) is 7.00. The largest absolute Gasteiger partial charge is 0.454 e. The van der Waals surface area contributed by atoms with Crippen LogP contribution in [0.3, 0.4) is 0 Å². The van der Waals surface area contributed by atoms with E-state index in [1.165, 1.54) is 0 Å². The Morgan fingerprint density at radius 1 is 1.04 bits per heavy atom. The first-order valence-electron chi connectivity index (χ1n) is 6.32. The number of fused-ring (bicyclic) bond motifs is 1. The lowest BCUT2D eigenvalue weighted by Gasteiger charge is -2.12. The summed E-state index contributed by atoms with van der Waals surface area (Å²) in [6.45, 7) is 3.32. The first kappa shape index (κ1) is 17.3. The molecule has 2 aromatic rings. The van der Waals surface area contributed by atoms with Gasteiger partial charge in [0.25, 0.3) is 0 Å². The molecular weight excluding hydrogens is 330 g/mol. The highest BCUT2D eigenvalue weighted by Gasteiger charge is 2.36. The van der Waals surface area contributed by atoms with Crippen molar-refractivity contribution in [1.82, 2.24) is 19.6 Å². The summed E-state index contributed by atoms with van der Waals surface area (Å²) in [6.07, 6.45) is -9.58. The van der Waals surface area contributed by atoms with Gasteiger partial charge in [0.1, 0.15) is 0 Å². The normalized spacial score (nSPS) is 13.6. The van der Waals surface area contributed by atoms with Crippen molar-refractivity contribution in [1.29, 1.82) is 0 Å². The number of alkyl halides is 6. The van der Waals surface area contributed by atoms with Crippen LogP contribution in [-0.2, 0) is 11.6 Å². The van der Waals surface area contributed by atoms with Crippen LogP contribution in [0.25, 0.3) is 5.65 Å². The van der Waals surface area contributed by atoms with Crippen molar-refractivity contribution in [2.24, 2.45) is 0 Å². The van der Waals surface area contributed by atoms with E-state index in [0.717, 1.165) is 4.52 Å². The van der Waals surface area contributed by atoms with Gasteiger partial charge in [-0.05, 0) is 0 Å². The van der Waals surface area contributed by atoms with Crippen molar-refractivity contribution in [3.8, 4) is 6.01 Å². The van der Waals surface area contributed by atoms with Gasteiger partial charge in [-0.15, -0.1) is 5.10 Å². The highest BCUT2D eigenvalue weighted by Crippen LogP contribution is 2.31. The second-order valence-corrected chi connectivity index (χ2v) is 5.78. The minimum atomic E-state index is -4.86. The number of rotatable bonds is 2. The third-order valence-corrected chi connectivity index (χ3v) is 2.62. The van der Waals surface area contributed by atoms with E-state index in [9.17, 15) is 26.3 Å². The summed E-state index contributed by atoms with van der Waals surface area (Å²) in [6, 6.07) is -0.321. The van der Waals surface area contributed by atoms with Crippen LogP contribution in [0.2, 0.25) is 0 Å². The summed E-state index contributed by atoms with van der Waals surface area (Å²) in [5.74, 6) is 0.149. The molecule has 0 aliphatic rings. The number of halogens is 6. The van der Waals surface area contributed by atoms with Crippen LogP contribution >= 0.6 is 0 Å². The minimum Gasteiger partial charge on any atom is -0.454 e. The van der Waals surface area contributed by atoms with E-state index in [4.69, 9.17) is 0 Å². The van der Waals surface area contributed by atoms with Crippen LogP contribution in [0.1, 0.15) is 32.3 Å². The standard InChI is InChI=1S/C12H12F6N4O/c1-10(2,3)8-20-7-4-6(12(16,17)18)19-9(22(7)21-8)23-5-11(13,14)15/h4H,5H2,1-3H3. The smallest absolute Gasteiger partial charge is 0.433 e. The number of ether oxygens (including phenoxy) is 1. The zero-order chi connectivity index (χ0) is 17.6. The van der Waals surface area contributed by atoms with Crippen molar-refractivity contribution < 1.29 is 31.1 Å². The Kier molecular flexibility index (Phi) is 3.94. The van der Waals surface area contributed by atoms with E-state index >= 15 is 0 Å². The van der Waals surface area contributed by atoms with Gasteiger partial charge in [0.05, 0.1) is 0 Å². The summed E-state index contributed by atoms with van der Waals surface area (Å²) >= 11 is 0. The van der Waals surface area contributed by atoms with Gasteiger partial charge < -0.3 is 4.74 Å². The van der Waals surface area contributed by atoms with Gasteiger partial charge >= 0.3 is 18.4 Å². The molecule has 0 bridgehead atoms. The summed E-state index contributed by atoms with van der Waals surface area (Å²) in [5, 5.41) is 3.89. The van der Waals surface area contributed by atoms with Gasteiger partial charge in [-0.2, -0.15) is 35.8 Å². The second-order valence-electron chi connectivity index (χ2n) is 5.78. The third kappa shape index (κ3) is 4.02. The Balaban J connectivity index is 2.58. The van der Waals surface area contributed by atoms with Gasteiger partial charge in [-0.25, -0.2) is 4.98 Å². The molecule has 23 heavy (non-hydrogen) atoms. The van der Waals surface area contributed by atoms with Crippen molar-refractivity contribution in [2.75, 3.05) is 6.61 Å². The fraction of sp³-hybridized carbons (Fsp3) is 0.583. The molecule has 2 aromatic heterocycles. The lowest BCUT2D eigenvalue weighted by molar-refractivity contribution is -0.155. The van der Waals surface area contributed by atoms with Crippen molar-refractivity contribution in [2.45, 2.75) is 38.5 Å². The predicted molar refractivity (Wildman–Crippen MR) is 66.0 cm³/mol. The van der Waals surface area contributed by atoms with E-state index in [1.807, 2.05) is 0 Å². The molecular formula is C12H12F6N4O. The Morgan fingerprint density at radius 2 is 1.65 bits per heavy atom. The maximum absolute atomic E-state index is 12.8. The molecule has 0 spiro atoms. The molecule has 0 aliphatic carbocycles. The van der Waals surface area contributed by atoms with Crippen molar-refractivity contribution in [3.63, 3.8) is 0 Å². The molecule has 5 nitrogen and oxygen atoms in total. The van der Waals surface area contributed by atoms with Crippen LogP contribution < -0.4 is 4.74 Å². The van der Waals surface area contributed by atoms with Crippen LogP contribution in [0.4, 0.5) is 26.3 Å². The van der Waals surface area contributed by atoms with Crippen LogP contribution in [0.5, 0.6) is 6.01 Å². The summed E-state index contributed by atoms with van der Waals surface area (Å²) in [7, 11) is 0. The monoisotopic (exact) mass is 342 g/mol. The van der Waals surface area contributed by atoms with Crippen molar-refractivity contribution in [3.05, 3.63) is 17.6 Å². The van der Waals surface area contributed by atoms with Crippen molar-refractivity contribution >= 4 is 5.65 Å². The van der Waals surface area contributed by atoms with Crippen LogP contribution in [0, 0.1) is 0 Å². The maximum Gasteiger partial charge on any atom is 0.433 e. The molecule has 0 amide bonds. The number of aromatic nitrogens is 4. The first-order chi connectivity index (χ1) is 10.3. The van der Waals surface area contributed by atoms with E-state index in [1.54, 1.807) is 20.8 Å². The number of hydrogen-bond donors (Lipinski definition) is 0. The molecule has 11 heteroatoms. The van der Waals surface area contributed by atoms with E-state index in [-0.39, 0.29) is 11.5 Å². The lowest BCUT2D eigenvalue weighted by Crippen LogP contribution is -2.22. The van der Waals surface area contributed by atoms with Gasteiger partial charge in [0, 0.05) is 11.5 Å². The van der Waals surface area contributed by atoms with E-state index < -0.39 is 36.1 Å². The Bertz CT molecular complexity index is 713. The first-order valence-corrected chi connectivity index (χ1v) is 6.32. The van der Waals surface area contributed by atoms with E-state index in [2.05, 4.69) is 19.8 Å². The fourth-order valence-corrected chi connectivity index (χ4v) is 1.57. The average molecular weight is 342 g/mol. The molecule has 2 heterocycles. The van der Waals surface area contributed by atoms with Gasteiger partial charge in [0.15, 0.2) is 23.8 Å². The Morgan fingerprint density at radius 3 is 2.13 bits per heavy atom. The quantitative estimate of drug-likeness (QED) is 0.785. The number of hydrogen-bond acceptors (Lipinski definition) is 4. The molecule has 128 valence electrons. The zero-order valence-corrected chi connectivity index (χ0v) is 12.2. The molecule has 0 saturated carbocycles. The molecule has 0 radical (unpaired) electrons. The highest BCUT2D eigenvalue weighted by molar-refractivity contribution is 5.42. The van der Waals surface area contributed by atoms with Gasteiger partial charge in [-0.3, -0.25) is 0 Å². The summed E-state index contributed by atoms with van der Waals surface area (Å²) < 4.78 is 80.3. The molecule has 2 rings (SSSR count). The predicted octanol–water partition coefficient (Wildman–Crippen LogP) is 3.38. The molecule has 0 atom stereocenters.